The van der Waals surface area contributed by atoms with Gasteiger partial charge >= 0.3 is 0 Å². The van der Waals surface area contributed by atoms with E-state index in [1.54, 1.807) is 0 Å². The van der Waals surface area contributed by atoms with Crippen LogP contribution >= 0.6 is 0 Å². The Hall–Kier alpha value is -0.0400. The van der Waals surface area contributed by atoms with Crippen molar-refractivity contribution >= 4 is 0 Å². The van der Waals surface area contributed by atoms with E-state index in [0.717, 1.165) is 23.7 Å². The SMILES string of the molecule is CC(C)C(C1CC1)C1CCNC1. The Morgan fingerprint density at radius 2 is 1.83 bits per heavy atom. The van der Waals surface area contributed by atoms with E-state index >= 15 is 0 Å². The summed E-state index contributed by atoms with van der Waals surface area (Å²) in [5.41, 5.74) is 0. The lowest BCUT2D eigenvalue weighted by atomic mass is 9.79. The van der Waals surface area contributed by atoms with E-state index in [4.69, 9.17) is 0 Å². The predicted octanol–water partition coefficient (Wildman–Crippen LogP) is 2.28. The molecule has 1 saturated carbocycles. The Balaban J connectivity index is 1.94. The van der Waals surface area contributed by atoms with Crippen LogP contribution in [0.4, 0.5) is 0 Å². The summed E-state index contributed by atoms with van der Waals surface area (Å²) in [7, 11) is 0. The van der Waals surface area contributed by atoms with Crippen LogP contribution in [0, 0.1) is 23.7 Å². The zero-order valence-electron chi connectivity index (χ0n) is 8.34. The molecule has 2 fully saturated rings. The van der Waals surface area contributed by atoms with Gasteiger partial charge in [0.25, 0.3) is 0 Å². The highest BCUT2D eigenvalue weighted by molar-refractivity contribution is 4.90. The Bertz CT molecular complexity index is 141. The van der Waals surface area contributed by atoms with Crippen molar-refractivity contribution in [2.75, 3.05) is 13.1 Å². The van der Waals surface area contributed by atoms with Gasteiger partial charge in [0.1, 0.15) is 0 Å². The maximum Gasteiger partial charge on any atom is -0.00172 e. The summed E-state index contributed by atoms with van der Waals surface area (Å²) in [6, 6.07) is 0. The second-order valence-electron chi connectivity index (χ2n) is 4.91. The first-order valence-electron chi connectivity index (χ1n) is 5.49. The van der Waals surface area contributed by atoms with Crippen molar-refractivity contribution in [3.8, 4) is 0 Å². The highest BCUT2D eigenvalue weighted by atomic mass is 14.9. The maximum absolute atomic E-state index is 3.49. The number of nitrogens with one attached hydrogen (secondary N) is 1. The van der Waals surface area contributed by atoms with Gasteiger partial charge in [0, 0.05) is 0 Å². The first kappa shape index (κ1) is 8.55. The molecule has 2 rings (SSSR count). The van der Waals surface area contributed by atoms with Gasteiger partial charge in [0.15, 0.2) is 0 Å². The van der Waals surface area contributed by atoms with Gasteiger partial charge < -0.3 is 5.32 Å². The highest BCUT2D eigenvalue weighted by Gasteiger charge is 2.38. The van der Waals surface area contributed by atoms with Crippen LogP contribution in [0.25, 0.3) is 0 Å². The van der Waals surface area contributed by atoms with E-state index in [-0.39, 0.29) is 0 Å². The molecule has 2 aliphatic rings. The summed E-state index contributed by atoms with van der Waals surface area (Å²) in [6.45, 7) is 7.36. The van der Waals surface area contributed by atoms with Crippen LogP contribution in [0.15, 0.2) is 0 Å². The molecule has 1 N–H and O–H groups in total. The van der Waals surface area contributed by atoms with Crippen LogP contribution in [-0.2, 0) is 0 Å². The molecule has 0 aromatic carbocycles. The van der Waals surface area contributed by atoms with Crippen molar-refractivity contribution in [3.63, 3.8) is 0 Å². The molecule has 1 saturated heterocycles. The quantitative estimate of drug-likeness (QED) is 0.680. The van der Waals surface area contributed by atoms with Crippen LogP contribution in [0.2, 0.25) is 0 Å². The van der Waals surface area contributed by atoms with E-state index in [2.05, 4.69) is 19.2 Å². The van der Waals surface area contributed by atoms with Gasteiger partial charge in [-0.3, -0.25) is 0 Å². The van der Waals surface area contributed by atoms with Crippen LogP contribution in [0.3, 0.4) is 0 Å². The van der Waals surface area contributed by atoms with Gasteiger partial charge in [-0.05, 0) is 56.0 Å². The van der Waals surface area contributed by atoms with E-state index < -0.39 is 0 Å². The third-order valence-electron chi connectivity index (χ3n) is 3.58. The molecule has 1 heterocycles. The minimum atomic E-state index is 0.905. The molecule has 1 aliphatic heterocycles. The van der Waals surface area contributed by atoms with Gasteiger partial charge in [-0.2, -0.15) is 0 Å². The molecule has 2 atom stereocenters. The minimum absolute atomic E-state index is 0.905. The van der Waals surface area contributed by atoms with Gasteiger partial charge in [-0.25, -0.2) is 0 Å². The molecular formula is C11H21N. The fraction of sp³-hybridized carbons (Fsp3) is 1.00. The van der Waals surface area contributed by atoms with Gasteiger partial charge in [-0.15, -0.1) is 0 Å². The number of hydrogen-bond acceptors (Lipinski definition) is 1. The standard InChI is InChI=1S/C11H21N/c1-8(2)11(9-3-4-9)10-5-6-12-7-10/h8-12H,3-7H2,1-2H3. The molecule has 0 aromatic heterocycles. The zero-order chi connectivity index (χ0) is 8.55. The van der Waals surface area contributed by atoms with E-state index in [1.807, 2.05) is 0 Å². The molecule has 1 heteroatoms. The first-order chi connectivity index (χ1) is 5.79. The summed E-state index contributed by atoms with van der Waals surface area (Å²) in [5, 5.41) is 3.49. The first-order valence-corrected chi connectivity index (χ1v) is 5.49. The molecule has 2 unspecified atom stereocenters. The third-order valence-corrected chi connectivity index (χ3v) is 3.58. The Morgan fingerprint density at radius 1 is 1.08 bits per heavy atom. The Labute approximate surface area is 75.9 Å². The average molecular weight is 167 g/mol. The van der Waals surface area contributed by atoms with E-state index in [1.165, 1.54) is 32.4 Å². The normalized spacial score (nSPS) is 32.8. The third kappa shape index (κ3) is 1.66. The lowest BCUT2D eigenvalue weighted by Gasteiger charge is -2.26. The van der Waals surface area contributed by atoms with Gasteiger partial charge in [0.2, 0.25) is 0 Å². The minimum Gasteiger partial charge on any atom is -0.316 e. The summed E-state index contributed by atoms with van der Waals surface area (Å²) in [6.07, 6.45) is 4.46. The van der Waals surface area contributed by atoms with Crippen LogP contribution < -0.4 is 5.32 Å². The van der Waals surface area contributed by atoms with E-state index in [0.29, 0.717) is 0 Å². The van der Waals surface area contributed by atoms with Gasteiger partial charge in [0.05, 0.1) is 0 Å². The van der Waals surface area contributed by atoms with Crippen molar-refractivity contribution in [3.05, 3.63) is 0 Å². The van der Waals surface area contributed by atoms with Crippen LogP contribution in [0.5, 0.6) is 0 Å². The van der Waals surface area contributed by atoms with Crippen molar-refractivity contribution in [2.45, 2.75) is 33.1 Å². The molecule has 0 amide bonds. The molecular weight excluding hydrogens is 146 g/mol. The molecule has 0 radical (unpaired) electrons. The lowest BCUT2D eigenvalue weighted by molar-refractivity contribution is 0.235. The topological polar surface area (TPSA) is 12.0 Å². The van der Waals surface area contributed by atoms with Crippen molar-refractivity contribution in [2.24, 2.45) is 23.7 Å². The summed E-state index contributed by atoms with van der Waals surface area (Å²) >= 11 is 0. The van der Waals surface area contributed by atoms with Crippen molar-refractivity contribution < 1.29 is 0 Å². The molecule has 12 heavy (non-hydrogen) atoms. The lowest BCUT2D eigenvalue weighted by Crippen LogP contribution is -2.24. The van der Waals surface area contributed by atoms with Crippen molar-refractivity contribution in [1.29, 1.82) is 0 Å². The maximum atomic E-state index is 3.49. The second-order valence-corrected chi connectivity index (χ2v) is 4.91. The molecule has 0 aromatic rings. The van der Waals surface area contributed by atoms with Crippen LogP contribution in [-0.4, -0.2) is 13.1 Å². The number of hydrogen-bond donors (Lipinski definition) is 1. The highest BCUT2D eigenvalue weighted by Crippen LogP contribution is 2.45. The van der Waals surface area contributed by atoms with E-state index in [9.17, 15) is 0 Å². The average Bonchev–Trinajstić information content (AvgIpc) is 2.65. The second kappa shape index (κ2) is 3.37. The zero-order valence-corrected chi connectivity index (χ0v) is 8.34. The Morgan fingerprint density at radius 3 is 2.25 bits per heavy atom. The fourth-order valence-electron chi connectivity index (χ4n) is 2.96. The number of rotatable bonds is 3. The fourth-order valence-corrected chi connectivity index (χ4v) is 2.96. The largest absolute Gasteiger partial charge is 0.316 e. The molecule has 1 aliphatic carbocycles. The summed E-state index contributed by atoms with van der Waals surface area (Å²) in [5.74, 6) is 4.02. The van der Waals surface area contributed by atoms with Gasteiger partial charge in [-0.1, -0.05) is 13.8 Å². The summed E-state index contributed by atoms with van der Waals surface area (Å²) < 4.78 is 0. The van der Waals surface area contributed by atoms with Crippen molar-refractivity contribution in [1.82, 2.24) is 5.32 Å². The molecule has 0 bridgehead atoms. The van der Waals surface area contributed by atoms with Crippen LogP contribution in [0.1, 0.15) is 33.1 Å². The smallest absolute Gasteiger partial charge is 0.00172 e. The molecule has 70 valence electrons. The summed E-state index contributed by atoms with van der Waals surface area (Å²) in [4.78, 5) is 0. The monoisotopic (exact) mass is 167 g/mol. The predicted molar refractivity (Wildman–Crippen MR) is 52.0 cm³/mol. The molecule has 1 nitrogen and oxygen atoms in total. The molecule has 0 spiro atoms. The Kier molecular flexibility index (Phi) is 2.40.